The van der Waals surface area contributed by atoms with Gasteiger partial charge in [0, 0.05) is 47.8 Å². The summed E-state index contributed by atoms with van der Waals surface area (Å²) in [6.45, 7) is 8.81. The van der Waals surface area contributed by atoms with Crippen LogP contribution in [0.5, 0.6) is 11.5 Å². The zero-order chi connectivity index (χ0) is 42.3. The van der Waals surface area contributed by atoms with E-state index in [-0.39, 0.29) is 25.8 Å². The molecule has 3 heterocycles. The molecule has 0 spiro atoms. The van der Waals surface area contributed by atoms with Gasteiger partial charge in [0.15, 0.2) is 0 Å². The van der Waals surface area contributed by atoms with Crippen molar-refractivity contribution in [1.29, 1.82) is 0 Å². The second kappa shape index (κ2) is 15.6. The summed E-state index contributed by atoms with van der Waals surface area (Å²) >= 11 is 0. The van der Waals surface area contributed by atoms with Crippen molar-refractivity contribution in [3.8, 4) is 22.8 Å². The number of pyridine rings is 2. The van der Waals surface area contributed by atoms with E-state index < -0.39 is 73.6 Å². The number of amides is 4. The Morgan fingerprint density at radius 3 is 2.37 bits per heavy atom. The molecule has 5 atom stereocenters. The monoisotopic (exact) mass is 824 g/mol. The summed E-state index contributed by atoms with van der Waals surface area (Å²) in [6, 6.07) is 17.6. The number of hydrogen-bond acceptors (Lipinski definition) is 10. The lowest BCUT2D eigenvalue weighted by atomic mass is 9.85. The van der Waals surface area contributed by atoms with E-state index >= 15 is 0 Å². The van der Waals surface area contributed by atoms with Crippen molar-refractivity contribution in [3.63, 3.8) is 0 Å². The third-order valence-electron chi connectivity index (χ3n) is 11.5. The maximum atomic E-state index is 14.5. The van der Waals surface area contributed by atoms with Crippen LogP contribution in [0.25, 0.3) is 22.2 Å². The van der Waals surface area contributed by atoms with Gasteiger partial charge in [0.05, 0.1) is 29.6 Å². The number of fused-ring (bicyclic) bond motifs is 1. The number of aromatic nitrogens is 2. The van der Waals surface area contributed by atoms with Crippen LogP contribution < -0.4 is 24.8 Å². The number of ether oxygens (including phenoxy) is 2. The first-order valence-corrected chi connectivity index (χ1v) is 20.9. The molecule has 310 valence electrons. The summed E-state index contributed by atoms with van der Waals surface area (Å²) in [5, 5.41) is 15.5. The Labute approximate surface area is 342 Å². The summed E-state index contributed by atoms with van der Waals surface area (Å²) in [4.78, 5) is 65.0. The van der Waals surface area contributed by atoms with Gasteiger partial charge in [-0.15, -0.1) is 6.58 Å². The minimum atomic E-state index is -4.20. The molecule has 1 saturated heterocycles. The van der Waals surface area contributed by atoms with Crippen LogP contribution in [0.2, 0.25) is 0 Å². The molecule has 0 radical (unpaired) electrons. The highest BCUT2D eigenvalue weighted by molar-refractivity contribution is 7.91. The van der Waals surface area contributed by atoms with E-state index in [1.54, 1.807) is 70.6 Å². The third-order valence-corrected chi connectivity index (χ3v) is 13.6. The molecule has 7 rings (SSSR count). The molecule has 2 aromatic heterocycles. The number of rotatable bonds is 14. The maximum absolute atomic E-state index is 14.5. The number of carbonyl (C=O) groups is 4. The first-order chi connectivity index (χ1) is 28.0. The molecule has 1 aliphatic heterocycles. The molecule has 59 heavy (non-hydrogen) atoms. The molecule has 2 aliphatic carbocycles. The Morgan fingerprint density at radius 2 is 1.76 bits per heavy atom. The van der Waals surface area contributed by atoms with Gasteiger partial charge in [-0.25, -0.2) is 18.2 Å². The standard InChI is InChI=1S/C43H48N6O9S/c1-6-28-24-43(28,39(52)48-59(55,56)42(16-17-42)23-26-14-18-44-19-15-26)47-37(50)34-21-30(25-49(34)38(51)36(41(2,3)4)46-40(53)54)58-35-22-32(27-10-8-7-9-11-27)45-33-20-29(57-5)12-13-31(33)35/h6-15,18-20,22,28,30,34,36,46H,1,16-17,21,23-25H2,2-5H3,(H,47,50)(H,48,52)(H,53,54). The summed E-state index contributed by atoms with van der Waals surface area (Å²) in [5.74, 6) is -1.86. The van der Waals surface area contributed by atoms with Gasteiger partial charge in [0.25, 0.3) is 5.91 Å². The second-order valence-electron chi connectivity index (χ2n) is 16.6. The van der Waals surface area contributed by atoms with E-state index in [0.717, 1.165) is 11.1 Å². The number of carboxylic acid groups (broad SMARTS) is 1. The molecular weight excluding hydrogens is 777 g/mol. The molecule has 2 saturated carbocycles. The van der Waals surface area contributed by atoms with Gasteiger partial charge < -0.3 is 30.1 Å². The van der Waals surface area contributed by atoms with Crippen molar-refractivity contribution in [2.45, 2.75) is 81.3 Å². The van der Waals surface area contributed by atoms with Crippen LogP contribution in [-0.4, -0.2) is 94.3 Å². The minimum absolute atomic E-state index is 0.0358. The Balaban J connectivity index is 1.18. The number of likely N-dealkylation sites (tertiary alicyclic amines) is 1. The van der Waals surface area contributed by atoms with Crippen LogP contribution in [0.3, 0.4) is 0 Å². The molecule has 4 aromatic rings. The van der Waals surface area contributed by atoms with E-state index in [1.165, 1.54) is 11.0 Å². The molecule has 3 fully saturated rings. The highest BCUT2D eigenvalue weighted by atomic mass is 32.2. The van der Waals surface area contributed by atoms with E-state index in [2.05, 4.69) is 26.9 Å². The van der Waals surface area contributed by atoms with Crippen molar-refractivity contribution in [1.82, 2.24) is 30.2 Å². The lowest BCUT2D eigenvalue weighted by Gasteiger charge is -2.35. The van der Waals surface area contributed by atoms with Crippen LogP contribution in [0, 0.1) is 11.3 Å². The zero-order valence-electron chi connectivity index (χ0n) is 33.3. The lowest BCUT2D eigenvalue weighted by molar-refractivity contribution is -0.142. The molecule has 5 unspecified atom stereocenters. The average molecular weight is 825 g/mol. The summed E-state index contributed by atoms with van der Waals surface area (Å²) in [6.07, 6.45) is 3.39. The molecule has 16 heteroatoms. The quantitative estimate of drug-likeness (QED) is 0.129. The number of sulfonamides is 1. The maximum Gasteiger partial charge on any atom is 0.405 e. The van der Waals surface area contributed by atoms with Gasteiger partial charge in [0.2, 0.25) is 21.8 Å². The highest BCUT2D eigenvalue weighted by Gasteiger charge is 2.63. The molecule has 4 N–H and O–H groups in total. The minimum Gasteiger partial charge on any atom is -0.497 e. The fourth-order valence-corrected chi connectivity index (χ4v) is 9.50. The van der Waals surface area contributed by atoms with Crippen LogP contribution in [-0.2, 0) is 30.8 Å². The zero-order valence-corrected chi connectivity index (χ0v) is 34.1. The van der Waals surface area contributed by atoms with Crippen LogP contribution in [0.15, 0.2) is 91.8 Å². The second-order valence-corrected chi connectivity index (χ2v) is 18.7. The predicted molar refractivity (Wildman–Crippen MR) is 219 cm³/mol. The Kier molecular flexibility index (Phi) is 10.9. The lowest BCUT2D eigenvalue weighted by Crippen LogP contribution is -2.60. The van der Waals surface area contributed by atoms with Crippen LogP contribution in [0.1, 0.15) is 52.0 Å². The Morgan fingerprint density at radius 1 is 1.05 bits per heavy atom. The topological polar surface area (TPSA) is 206 Å². The smallest absolute Gasteiger partial charge is 0.405 e. The fraction of sp³-hybridized carbons (Fsp3) is 0.395. The molecule has 15 nitrogen and oxygen atoms in total. The van der Waals surface area contributed by atoms with E-state index in [0.29, 0.717) is 40.9 Å². The molecular formula is C43H48N6O9S. The van der Waals surface area contributed by atoms with Crippen molar-refractivity contribution in [2.24, 2.45) is 11.3 Å². The summed E-state index contributed by atoms with van der Waals surface area (Å²) in [7, 11) is -2.64. The molecule has 2 aromatic carbocycles. The molecule has 4 amide bonds. The Bertz CT molecular complexity index is 2400. The number of benzene rings is 2. The van der Waals surface area contributed by atoms with Gasteiger partial charge in [-0.3, -0.25) is 24.1 Å². The van der Waals surface area contributed by atoms with Crippen molar-refractivity contribution in [3.05, 3.63) is 97.3 Å². The SMILES string of the molecule is C=CC1CC1(NC(=O)C1CC(Oc2cc(-c3ccccc3)nc3cc(OC)ccc23)CN1C(=O)C(NC(=O)O)C(C)(C)C)C(=O)NS(=O)(=O)C1(Cc2ccncc2)CC1. The van der Waals surface area contributed by atoms with Crippen molar-refractivity contribution >= 4 is 44.7 Å². The fourth-order valence-electron chi connectivity index (χ4n) is 7.86. The highest BCUT2D eigenvalue weighted by Crippen LogP contribution is 2.48. The number of nitrogens with zero attached hydrogens (tertiary/aromatic N) is 3. The predicted octanol–water partition coefficient (Wildman–Crippen LogP) is 4.62. The van der Waals surface area contributed by atoms with Gasteiger partial charge in [0.1, 0.15) is 35.2 Å². The van der Waals surface area contributed by atoms with Gasteiger partial charge in [-0.1, -0.05) is 57.2 Å². The van der Waals surface area contributed by atoms with E-state index in [1.807, 2.05) is 36.4 Å². The van der Waals surface area contributed by atoms with E-state index in [9.17, 15) is 32.7 Å². The summed E-state index contributed by atoms with van der Waals surface area (Å²) in [5.41, 5.74) is 0.224. The van der Waals surface area contributed by atoms with Crippen molar-refractivity contribution in [2.75, 3.05) is 13.7 Å². The largest absolute Gasteiger partial charge is 0.497 e. The number of carbonyl (C=O) groups excluding carboxylic acids is 3. The first kappa shape index (κ1) is 41.1. The van der Waals surface area contributed by atoms with Crippen LogP contribution in [0.4, 0.5) is 4.79 Å². The van der Waals surface area contributed by atoms with Gasteiger partial charge >= 0.3 is 6.09 Å². The summed E-state index contributed by atoms with van der Waals surface area (Å²) < 4.78 is 40.8. The number of hydrogen-bond donors (Lipinski definition) is 4. The first-order valence-electron chi connectivity index (χ1n) is 19.4. The van der Waals surface area contributed by atoms with Gasteiger partial charge in [-0.2, -0.15) is 0 Å². The van der Waals surface area contributed by atoms with Gasteiger partial charge in [-0.05, 0) is 60.9 Å². The van der Waals surface area contributed by atoms with Crippen molar-refractivity contribution < 1.29 is 42.2 Å². The normalized spacial score (nSPS) is 22.4. The average Bonchev–Trinajstić information content (AvgIpc) is 4.11. The Hall–Kier alpha value is -6.03. The third kappa shape index (κ3) is 8.31. The molecule has 0 bridgehead atoms. The number of methoxy groups -OCH3 is 1. The van der Waals surface area contributed by atoms with Crippen LogP contribution >= 0.6 is 0 Å². The molecule has 3 aliphatic rings. The van der Waals surface area contributed by atoms with E-state index in [4.69, 9.17) is 14.5 Å². The number of nitrogens with one attached hydrogen (secondary N) is 3.